The Labute approximate surface area is 97.6 Å². The lowest BCUT2D eigenvalue weighted by Gasteiger charge is -2.26. The molecule has 1 atom stereocenters. The number of urea groups is 1. The van der Waals surface area contributed by atoms with Crippen LogP contribution in [0.4, 0.5) is 4.79 Å². The van der Waals surface area contributed by atoms with Crippen LogP contribution in [0.1, 0.15) is 6.42 Å². The number of aliphatic carboxylic acids is 1. The minimum Gasteiger partial charge on any atom is -0.479 e. The third kappa shape index (κ3) is 4.27. The number of aliphatic hydroxyl groups excluding tert-OH is 1. The molecule has 96 valence electrons. The molecule has 0 unspecified atom stereocenters. The first-order chi connectivity index (χ1) is 8.00. The second kappa shape index (κ2) is 6.04. The lowest BCUT2D eigenvalue weighted by molar-refractivity contribution is -0.146. The number of amides is 3. The van der Waals surface area contributed by atoms with E-state index in [4.69, 9.17) is 10.2 Å². The summed E-state index contributed by atoms with van der Waals surface area (Å²) in [6, 6.07) is -0.433. The maximum atomic E-state index is 11.5. The van der Waals surface area contributed by atoms with Crippen LogP contribution >= 0.6 is 0 Å². The van der Waals surface area contributed by atoms with Gasteiger partial charge in [0.25, 0.3) is 0 Å². The molecule has 1 heterocycles. The molecule has 0 radical (unpaired) electrons. The fourth-order valence-electron chi connectivity index (χ4n) is 1.36. The molecule has 1 saturated heterocycles. The van der Waals surface area contributed by atoms with Gasteiger partial charge in [0, 0.05) is 26.1 Å². The van der Waals surface area contributed by atoms with E-state index < -0.39 is 18.1 Å². The highest BCUT2D eigenvalue weighted by atomic mass is 16.4. The Balaban J connectivity index is 2.25. The summed E-state index contributed by atoms with van der Waals surface area (Å²) in [7, 11) is 0. The summed E-state index contributed by atoms with van der Waals surface area (Å²) in [5.74, 6) is -1.55. The van der Waals surface area contributed by atoms with Crippen molar-refractivity contribution in [1.82, 2.24) is 15.5 Å². The number of carbonyl (C=O) groups excluding carboxylic acids is 2. The van der Waals surface area contributed by atoms with E-state index >= 15 is 0 Å². The summed E-state index contributed by atoms with van der Waals surface area (Å²) in [4.78, 5) is 34.1. The number of piperazine rings is 1. The second-order valence-electron chi connectivity index (χ2n) is 3.65. The van der Waals surface area contributed by atoms with Gasteiger partial charge in [0.15, 0.2) is 6.10 Å². The molecule has 4 N–H and O–H groups in total. The summed E-state index contributed by atoms with van der Waals surface area (Å²) in [6.07, 6.45) is -1.55. The zero-order valence-electron chi connectivity index (χ0n) is 9.18. The maximum Gasteiger partial charge on any atom is 0.332 e. The molecule has 0 aromatic rings. The number of nitrogens with one attached hydrogen (secondary N) is 2. The molecule has 1 aliphatic heterocycles. The molecular weight excluding hydrogens is 230 g/mol. The van der Waals surface area contributed by atoms with Crippen LogP contribution in [0.3, 0.4) is 0 Å². The summed E-state index contributed by atoms with van der Waals surface area (Å²) >= 11 is 0. The predicted octanol–water partition coefficient (Wildman–Crippen LogP) is -2.04. The zero-order valence-corrected chi connectivity index (χ0v) is 9.18. The number of hydrogen-bond donors (Lipinski definition) is 4. The smallest absolute Gasteiger partial charge is 0.332 e. The molecule has 1 rings (SSSR count). The van der Waals surface area contributed by atoms with E-state index in [1.165, 1.54) is 4.90 Å². The van der Waals surface area contributed by atoms with Crippen molar-refractivity contribution in [2.45, 2.75) is 12.5 Å². The van der Waals surface area contributed by atoms with Gasteiger partial charge in [-0.25, -0.2) is 9.59 Å². The molecule has 0 bridgehead atoms. The molecule has 8 nitrogen and oxygen atoms in total. The van der Waals surface area contributed by atoms with E-state index in [-0.39, 0.29) is 25.4 Å². The number of carboxylic acids is 1. The average molecular weight is 245 g/mol. The summed E-state index contributed by atoms with van der Waals surface area (Å²) in [5.41, 5.74) is 0. The normalized spacial score (nSPS) is 17.2. The van der Waals surface area contributed by atoms with Gasteiger partial charge in [-0.3, -0.25) is 4.79 Å². The minimum atomic E-state index is -1.49. The van der Waals surface area contributed by atoms with Gasteiger partial charge in [0.2, 0.25) is 5.91 Å². The Bertz CT molecular complexity index is 320. The SMILES string of the molecule is O=C1CN(C(=O)NCC[C@H](O)C(=O)O)CCN1. The monoisotopic (exact) mass is 245 g/mol. The highest BCUT2D eigenvalue weighted by molar-refractivity contribution is 5.85. The van der Waals surface area contributed by atoms with E-state index in [0.717, 1.165) is 0 Å². The molecule has 8 heteroatoms. The number of nitrogens with zero attached hydrogens (tertiary/aromatic N) is 1. The third-order valence-electron chi connectivity index (χ3n) is 2.30. The highest BCUT2D eigenvalue weighted by Crippen LogP contribution is 1.95. The van der Waals surface area contributed by atoms with Crippen molar-refractivity contribution < 1.29 is 24.6 Å². The molecule has 17 heavy (non-hydrogen) atoms. The van der Waals surface area contributed by atoms with Gasteiger partial charge in [0.05, 0.1) is 0 Å². The van der Waals surface area contributed by atoms with Crippen LogP contribution in [0.15, 0.2) is 0 Å². The summed E-state index contributed by atoms with van der Waals surface area (Å²) < 4.78 is 0. The van der Waals surface area contributed by atoms with Crippen molar-refractivity contribution in [2.24, 2.45) is 0 Å². The molecule has 1 aliphatic rings. The van der Waals surface area contributed by atoms with Crippen molar-refractivity contribution in [1.29, 1.82) is 0 Å². The highest BCUT2D eigenvalue weighted by Gasteiger charge is 2.21. The van der Waals surface area contributed by atoms with Crippen molar-refractivity contribution in [3.63, 3.8) is 0 Å². The topological polar surface area (TPSA) is 119 Å². The molecule has 0 aromatic heterocycles. The molecule has 3 amide bonds. The van der Waals surface area contributed by atoms with Crippen LogP contribution in [-0.4, -0.2) is 65.3 Å². The first-order valence-electron chi connectivity index (χ1n) is 5.21. The van der Waals surface area contributed by atoms with E-state index in [1.54, 1.807) is 0 Å². The molecule has 0 saturated carbocycles. The largest absolute Gasteiger partial charge is 0.479 e. The fraction of sp³-hybridized carbons (Fsp3) is 0.667. The Morgan fingerprint density at radius 3 is 2.82 bits per heavy atom. The third-order valence-corrected chi connectivity index (χ3v) is 2.30. The fourth-order valence-corrected chi connectivity index (χ4v) is 1.36. The molecule has 0 aliphatic carbocycles. The van der Waals surface area contributed by atoms with Crippen LogP contribution in [0.2, 0.25) is 0 Å². The van der Waals surface area contributed by atoms with Crippen LogP contribution in [0.25, 0.3) is 0 Å². The van der Waals surface area contributed by atoms with Gasteiger partial charge in [0.1, 0.15) is 6.54 Å². The Morgan fingerprint density at radius 2 is 2.24 bits per heavy atom. The Morgan fingerprint density at radius 1 is 1.53 bits per heavy atom. The molecule has 1 fully saturated rings. The second-order valence-corrected chi connectivity index (χ2v) is 3.65. The number of carbonyl (C=O) groups is 3. The number of aliphatic hydroxyl groups is 1. The first kappa shape index (κ1) is 13.2. The van der Waals surface area contributed by atoms with E-state index in [9.17, 15) is 14.4 Å². The predicted molar refractivity (Wildman–Crippen MR) is 56.2 cm³/mol. The molecule has 0 aromatic carbocycles. The Hall–Kier alpha value is -1.83. The Kier molecular flexibility index (Phi) is 4.70. The zero-order chi connectivity index (χ0) is 12.8. The lowest BCUT2D eigenvalue weighted by Crippen LogP contribution is -2.53. The van der Waals surface area contributed by atoms with Crippen LogP contribution in [0.5, 0.6) is 0 Å². The first-order valence-corrected chi connectivity index (χ1v) is 5.21. The summed E-state index contributed by atoms with van der Waals surface area (Å²) in [5, 5.41) is 22.4. The van der Waals surface area contributed by atoms with Crippen LogP contribution in [-0.2, 0) is 9.59 Å². The van der Waals surface area contributed by atoms with Gasteiger partial charge >= 0.3 is 12.0 Å². The maximum absolute atomic E-state index is 11.5. The quantitative estimate of drug-likeness (QED) is 0.455. The number of hydrogen-bond acceptors (Lipinski definition) is 4. The van der Waals surface area contributed by atoms with Gasteiger partial charge < -0.3 is 25.7 Å². The molecule has 0 spiro atoms. The van der Waals surface area contributed by atoms with E-state index in [0.29, 0.717) is 13.1 Å². The van der Waals surface area contributed by atoms with Gasteiger partial charge in [-0.2, -0.15) is 0 Å². The minimum absolute atomic E-state index is 0.00663. The van der Waals surface area contributed by atoms with E-state index in [1.807, 2.05) is 0 Å². The van der Waals surface area contributed by atoms with Gasteiger partial charge in [-0.05, 0) is 0 Å². The van der Waals surface area contributed by atoms with Crippen LogP contribution in [0, 0.1) is 0 Å². The van der Waals surface area contributed by atoms with Gasteiger partial charge in [-0.1, -0.05) is 0 Å². The van der Waals surface area contributed by atoms with Crippen molar-refractivity contribution in [2.75, 3.05) is 26.2 Å². The van der Waals surface area contributed by atoms with Crippen molar-refractivity contribution >= 4 is 17.9 Å². The standard InChI is InChI=1S/C9H15N3O5/c13-6(8(15)16)1-2-11-9(17)12-4-3-10-7(14)5-12/h6,13H,1-5H2,(H,10,14)(H,11,17)(H,15,16)/t6-/m0/s1. The molecular formula is C9H15N3O5. The number of carboxylic acid groups (broad SMARTS) is 1. The average Bonchev–Trinajstić information content (AvgIpc) is 2.28. The van der Waals surface area contributed by atoms with Crippen LogP contribution < -0.4 is 10.6 Å². The van der Waals surface area contributed by atoms with E-state index in [2.05, 4.69) is 10.6 Å². The van der Waals surface area contributed by atoms with Gasteiger partial charge in [-0.15, -0.1) is 0 Å². The van der Waals surface area contributed by atoms with Crippen molar-refractivity contribution in [3.05, 3.63) is 0 Å². The summed E-state index contributed by atoms with van der Waals surface area (Å²) in [6.45, 7) is 0.862. The van der Waals surface area contributed by atoms with Crippen molar-refractivity contribution in [3.8, 4) is 0 Å². The number of rotatable bonds is 4. The lowest BCUT2D eigenvalue weighted by atomic mass is 10.2.